The molecule has 0 spiro atoms. The fourth-order valence-electron chi connectivity index (χ4n) is 2.19. The summed E-state index contributed by atoms with van der Waals surface area (Å²) in [6.07, 6.45) is 3.57. The topological polar surface area (TPSA) is 30.7 Å². The molecule has 0 saturated carbocycles. The first kappa shape index (κ1) is 14.5. The molecule has 4 heteroatoms. The Kier molecular flexibility index (Phi) is 4.99. The largest absolute Gasteiger partial charge is 0.250 e. The van der Waals surface area contributed by atoms with Gasteiger partial charge >= 0.3 is 0 Å². The highest BCUT2D eigenvalue weighted by Gasteiger charge is 2.23. The maximum atomic E-state index is 6.08. The van der Waals surface area contributed by atoms with Gasteiger partial charge in [-0.3, -0.25) is 0 Å². The van der Waals surface area contributed by atoms with Gasteiger partial charge in [0, 0.05) is 18.3 Å². The van der Waals surface area contributed by atoms with E-state index in [2.05, 4.69) is 37.8 Å². The Hall–Kier alpha value is -0.570. The minimum Gasteiger partial charge on any atom is -0.250 e. The molecule has 0 radical (unpaired) electrons. The van der Waals surface area contributed by atoms with Gasteiger partial charge in [-0.15, -0.1) is 11.6 Å². The molecular weight excluding hydrogens is 234 g/mol. The Morgan fingerprint density at radius 1 is 1.35 bits per heavy atom. The number of hydrogen-bond acceptors (Lipinski definition) is 2. The van der Waals surface area contributed by atoms with Crippen LogP contribution < -0.4 is 0 Å². The molecule has 98 valence electrons. The zero-order valence-electron chi connectivity index (χ0n) is 11.6. The lowest BCUT2D eigenvalue weighted by Crippen LogP contribution is -2.22. The second kappa shape index (κ2) is 5.85. The monoisotopic (exact) mass is 257 g/mol. The van der Waals surface area contributed by atoms with Gasteiger partial charge in [-0.25, -0.2) is 9.67 Å². The summed E-state index contributed by atoms with van der Waals surface area (Å²) in [4.78, 5) is 4.37. The molecule has 0 amide bonds. The molecule has 1 unspecified atom stereocenters. The van der Waals surface area contributed by atoms with Gasteiger partial charge in [0.25, 0.3) is 0 Å². The van der Waals surface area contributed by atoms with Crippen molar-refractivity contribution >= 4 is 11.6 Å². The molecule has 0 N–H and O–H groups in total. The van der Waals surface area contributed by atoms with Crippen LogP contribution >= 0.6 is 11.6 Å². The van der Waals surface area contributed by atoms with E-state index in [9.17, 15) is 0 Å². The van der Waals surface area contributed by atoms with Crippen molar-refractivity contribution in [2.45, 2.75) is 59.4 Å². The van der Waals surface area contributed by atoms with Crippen molar-refractivity contribution in [1.82, 2.24) is 14.8 Å². The number of hydrogen-bond donors (Lipinski definition) is 0. The Balaban J connectivity index is 2.70. The van der Waals surface area contributed by atoms with E-state index in [0.717, 1.165) is 25.2 Å². The summed E-state index contributed by atoms with van der Waals surface area (Å²) >= 11 is 6.08. The third kappa shape index (κ3) is 5.07. The maximum absolute atomic E-state index is 6.08. The molecule has 1 rings (SSSR count). The van der Waals surface area contributed by atoms with Gasteiger partial charge in [0.1, 0.15) is 12.2 Å². The zero-order chi connectivity index (χ0) is 13.1. The average molecular weight is 258 g/mol. The van der Waals surface area contributed by atoms with E-state index >= 15 is 0 Å². The first-order valence-corrected chi connectivity index (χ1v) is 6.74. The SMILES string of the molecule is CC(C)Cn1ncnc1CC(C)(C)CC(C)Cl. The summed E-state index contributed by atoms with van der Waals surface area (Å²) in [5.41, 5.74) is 0.170. The third-order valence-electron chi connectivity index (χ3n) is 2.70. The molecule has 3 nitrogen and oxygen atoms in total. The van der Waals surface area contributed by atoms with Gasteiger partial charge in [0.15, 0.2) is 0 Å². The van der Waals surface area contributed by atoms with Crippen molar-refractivity contribution < 1.29 is 0 Å². The van der Waals surface area contributed by atoms with Gasteiger partial charge in [-0.2, -0.15) is 5.10 Å². The van der Waals surface area contributed by atoms with E-state index in [4.69, 9.17) is 11.6 Å². The Morgan fingerprint density at radius 3 is 2.53 bits per heavy atom. The van der Waals surface area contributed by atoms with Crippen molar-refractivity contribution in [3.63, 3.8) is 0 Å². The van der Waals surface area contributed by atoms with Crippen LogP contribution in [0.3, 0.4) is 0 Å². The Morgan fingerprint density at radius 2 is 2.00 bits per heavy atom. The van der Waals surface area contributed by atoms with Crippen LogP contribution in [0.1, 0.15) is 46.9 Å². The predicted molar refractivity (Wildman–Crippen MR) is 72.3 cm³/mol. The lowest BCUT2D eigenvalue weighted by molar-refractivity contribution is 0.313. The number of aromatic nitrogens is 3. The molecule has 0 fully saturated rings. The quantitative estimate of drug-likeness (QED) is 0.730. The molecular formula is C13H24ClN3. The van der Waals surface area contributed by atoms with Crippen molar-refractivity contribution in [3.05, 3.63) is 12.2 Å². The standard InChI is InChI=1S/C13H24ClN3/c1-10(2)8-17-12(15-9-16-17)7-13(4,5)6-11(3)14/h9-11H,6-8H2,1-5H3. The second-order valence-electron chi connectivity index (χ2n) is 6.08. The van der Waals surface area contributed by atoms with E-state index in [1.165, 1.54) is 0 Å². The lowest BCUT2D eigenvalue weighted by atomic mass is 9.84. The van der Waals surface area contributed by atoms with Crippen molar-refractivity contribution in [1.29, 1.82) is 0 Å². The maximum Gasteiger partial charge on any atom is 0.138 e. The van der Waals surface area contributed by atoms with E-state index in [1.54, 1.807) is 6.33 Å². The molecule has 1 aromatic rings. The van der Waals surface area contributed by atoms with Crippen LogP contribution in [-0.4, -0.2) is 20.1 Å². The molecule has 0 saturated heterocycles. The summed E-state index contributed by atoms with van der Waals surface area (Å²) in [5.74, 6) is 1.66. The lowest BCUT2D eigenvalue weighted by Gasteiger charge is -2.25. The molecule has 0 aliphatic rings. The van der Waals surface area contributed by atoms with E-state index in [0.29, 0.717) is 5.92 Å². The zero-order valence-corrected chi connectivity index (χ0v) is 12.3. The molecule has 0 aliphatic heterocycles. The molecule has 17 heavy (non-hydrogen) atoms. The van der Waals surface area contributed by atoms with Gasteiger partial charge in [-0.05, 0) is 24.7 Å². The number of halogens is 1. The summed E-state index contributed by atoms with van der Waals surface area (Å²) in [6.45, 7) is 11.8. The van der Waals surface area contributed by atoms with Crippen LogP contribution in [-0.2, 0) is 13.0 Å². The third-order valence-corrected chi connectivity index (χ3v) is 2.86. The summed E-state index contributed by atoms with van der Waals surface area (Å²) < 4.78 is 2.02. The van der Waals surface area contributed by atoms with Crippen LogP contribution in [0.5, 0.6) is 0 Å². The highest BCUT2D eigenvalue weighted by molar-refractivity contribution is 6.20. The van der Waals surface area contributed by atoms with Crippen molar-refractivity contribution in [2.24, 2.45) is 11.3 Å². The highest BCUT2D eigenvalue weighted by Crippen LogP contribution is 2.28. The summed E-state index contributed by atoms with van der Waals surface area (Å²) in [5, 5.41) is 4.49. The fraction of sp³-hybridized carbons (Fsp3) is 0.846. The van der Waals surface area contributed by atoms with Gasteiger partial charge in [0.2, 0.25) is 0 Å². The number of nitrogens with zero attached hydrogens (tertiary/aromatic N) is 3. The molecule has 0 aromatic carbocycles. The molecule has 0 aliphatic carbocycles. The summed E-state index contributed by atoms with van der Waals surface area (Å²) in [7, 11) is 0. The van der Waals surface area contributed by atoms with Gasteiger partial charge < -0.3 is 0 Å². The Bertz CT molecular complexity index is 342. The van der Waals surface area contributed by atoms with Crippen LogP contribution in [0.15, 0.2) is 6.33 Å². The van der Waals surface area contributed by atoms with E-state index in [-0.39, 0.29) is 10.8 Å². The number of alkyl halides is 1. The van der Waals surface area contributed by atoms with Crippen molar-refractivity contribution in [3.8, 4) is 0 Å². The van der Waals surface area contributed by atoms with Crippen LogP contribution in [0.4, 0.5) is 0 Å². The van der Waals surface area contributed by atoms with Crippen LogP contribution in [0.2, 0.25) is 0 Å². The van der Waals surface area contributed by atoms with Crippen LogP contribution in [0, 0.1) is 11.3 Å². The first-order chi connectivity index (χ1) is 7.80. The molecule has 1 atom stereocenters. The summed E-state index contributed by atoms with van der Waals surface area (Å²) in [6, 6.07) is 0. The predicted octanol–water partition coefficient (Wildman–Crippen LogP) is 3.52. The normalized spacial score (nSPS) is 14.3. The van der Waals surface area contributed by atoms with Gasteiger partial charge in [0.05, 0.1) is 0 Å². The minimum atomic E-state index is 0.170. The molecule has 1 aromatic heterocycles. The minimum absolute atomic E-state index is 0.170. The fourth-order valence-corrected chi connectivity index (χ4v) is 2.60. The smallest absolute Gasteiger partial charge is 0.138 e. The highest BCUT2D eigenvalue weighted by atomic mass is 35.5. The van der Waals surface area contributed by atoms with Gasteiger partial charge in [-0.1, -0.05) is 27.7 Å². The van der Waals surface area contributed by atoms with E-state index < -0.39 is 0 Å². The second-order valence-corrected chi connectivity index (χ2v) is 6.82. The van der Waals surface area contributed by atoms with E-state index in [1.807, 2.05) is 11.6 Å². The average Bonchev–Trinajstić information content (AvgIpc) is 2.48. The molecule has 1 heterocycles. The molecule has 0 bridgehead atoms. The Labute approximate surface area is 110 Å². The van der Waals surface area contributed by atoms with Crippen molar-refractivity contribution in [2.75, 3.05) is 0 Å². The number of rotatable bonds is 6. The van der Waals surface area contributed by atoms with Crippen LogP contribution in [0.25, 0.3) is 0 Å². The first-order valence-electron chi connectivity index (χ1n) is 6.31.